The van der Waals surface area contributed by atoms with Crippen LogP contribution in [0.4, 0.5) is 4.79 Å². The maximum atomic E-state index is 15.5. The predicted octanol–water partition coefficient (Wildman–Crippen LogP) is 6.12. The van der Waals surface area contributed by atoms with Crippen LogP contribution in [0.5, 0.6) is 0 Å². The molecule has 3 aliphatic carbocycles. The molecular weight excluding hydrogens is 815 g/mol. The lowest BCUT2D eigenvalue weighted by molar-refractivity contribution is -0.306. The van der Waals surface area contributed by atoms with Crippen molar-refractivity contribution in [1.29, 1.82) is 0 Å². The predicted molar refractivity (Wildman–Crippen MR) is 223 cm³/mol. The maximum absolute atomic E-state index is 15.5. The van der Waals surface area contributed by atoms with Crippen LogP contribution in [0.2, 0.25) is 0 Å². The summed E-state index contributed by atoms with van der Waals surface area (Å²) >= 11 is 0. The molecule has 2 aliphatic heterocycles. The molecule has 10 atom stereocenters. The minimum atomic E-state index is -2.27. The van der Waals surface area contributed by atoms with Crippen molar-refractivity contribution in [2.24, 2.45) is 16.7 Å². The van der Waals surface area contributed by atoms with E-state index in [9.17, 15) is 29.1 Å². The fraction of sp³-hybridized carbons (Fsp3) is 0.542. The third-order valence-electron chi connectivity index (χ3n) is 13.4. The number of hydrogen-bond acceptors (Lipinski definition) is 14. The van der Waals surface area contributed by atoms with Crippen molar-refractivity contribution >= 4 is 35.8 Å². The summed E-state index contributed by atoms with van der Waals surface area (Å²) in [4.78, 5) is 86.0. The van der Waals surface area contributed by atoms with Crippen LogP contribution in [0.15, 0.2) is 84.0 Å². The van der Waals surface area contributed by atoms with Crippen molar-refractivity contribution in [3.63, 3.8) is 0 Å². The zero-order chi connectivity index (χ0) is 46.2. The second kappa shape index (κ2) is 15.7. The van der Waals surface area contributed by atoms with Gasteiger partial charge < -0.3 is 38.3 Å². The number of carbonyl (C=O) groups excluding carboxylic acids is 6. The smallest absolute Gasteiger partial charge is 0.413 e. The number of ketones is 1. The number of allylic oxidation sites excluding steroid dienone is 1. The molecule has 1 N–H and O–H groups in total. The molecule has 2 aromatic carbocycles. The molecule has 15 heteroatoms. The van der Waals surface area contributed by atoms with Crippen LogP contribution in [0.3, 0.4) is 0 Å². The molecule has 3 fully saturated rings. The highest BCUT2D eigenvalue weighted by atomic mass is 16.6. The van der Waals surface area contributed by atoms with Crippen LogP contribution in [0, 0.1) is 16.7 Å². The van der Waals surface area contributed by atoms with Gasteiger partial charge in [-0.2, -0.15) is 0 Å². The summed E-state index contributed by atoms with van der Waals surface area (Å²) in [7, 11) is 0. The number of amides is 1. The SMILES string of the molecule is CC(=O)O[C@H]1C(=O)[C@]2(C)C=CC3OC[C@@]3(OC(C)=O)C2[C@H](OC(=O)c2ccccc2)[C@]2(O)C[C@H](OC(=O)C3OC(C)(C)N(C(=O)OC(C)(C)C)C3c3ccccc3)C(C)=C1C2(C)C. The van der Waals surface area contributed by atoms with Crippen LogP contribution in [0.1, 0.15) is 105 Å². The number of hydrogen-bond donors (Lipinski definition) is 1. The zero-order valence-electron chi connectivity index (χ0n) is 37.6. The van der Waals surface area contributed by atoms with E-state index in [0.29, 0.717) is 11.1 Å². The van der Waals surface area contributed by atoms with Crippen LogP contribution in [0.25, 0.3) is 0 Å². The Hall–Kier alpha value is -5.38. The highest BCUT2D eigenvalue weighted by molar-refractivity contribution is 5.96. The van der Waals surface area contributed by atoms with Crippen molar-refractivity contribution in [2.75, 3.05) is 6.61 Å². The summed E-state index contributed by atoms with van der Waals surface area (Å²) in [5.41, 5.74) is -8.42. The number of rotatable bonds is 7. The Balaban J connectivity index is 1.41. The first-order valence-electron chi connectivity index (χ1n) is 21.2. The molecule has 0 spiro atoms. The lowest BCUT2D eigenvalue weighted by Crippen LogP contribution is -2.78. The number of aliphatic hydroxyl groups is 1. The molecule has 338 valence electrons. The van der Waals surface area contributed by atoms with Gasteiger partial charge in [-0.05, 0) is 77.3 Å². The van der Waals surface area contributed by atoms with Crippen molar-refractivity contribution in [3.8, 4) is 0 Å². The van der Waals surface area contributed by atoms with E-state index in [1.54, 1.807) is 123 Å². The van der Waals surface area contributed by atoms with Crippen LogP contribution in [-0.4, -0.2) is 105 Å². The minimum absolute atomic E-state index is 0.124. The van der Waals surface area contributed by atoms with E-state index >= 15 is 4.79 Å². The number of benzene rings is 2. The van der Waals surface area contributed by atoms with Crippen LogP contribution >= 0.6 is 0 Å². The van der Waals surface area contributed by atoms with Crippen LogP contribution in [-0.2, 0) is 52.3 Å². The third kappa shape index (κ3) is 7.55. The van der Waals surface area contributed by atoms with Crippen molar-refractivity contribution in [2.45, 2.75) is 142 Å². The molecule has 0 aromatic heterocycles. The standard InChI is InChI=1S/C48H57NO14/c1-26-31(59-41(54)36-34(29-18-14-12-15-19-29)49(45(9,10)62-36)42(55)63-43(4,5)6)24-48(56)39(60-40(53)30-20-16-13-17-21-30)37-46(11,23-22-32-47(37,25-57-32)61-28(3)51)38(52)35(58-27(2)50)33(26)44(48,7)8/h12-23,31-32,34-37,39,56H,24-25H2,1-11H3/t31-,32?,34?,35+,36?,37?,39-,46+,47-,48+/m0/s1. The lowest BCUT2D eigenvalue weighted by Gasteiger charge is -2.65. The quantitative estimate of drug-likeness (QED) is 0.190. The summed E-state index contributed by atoms with van der Waals surface area (Å²) in [6.45, 7) is 17.0. The normalized spacial score (nSPS) is 33.9. The number of carbonyl (C=O) groups is 6. The average molecular weight is 872 g/mol. The first-order valence-corrected chi connectivity index (χ1v) is 21.2. The molecular formula is C48H57NO14. The van der Waals surface area contributed by atoms with E-state index in [1.165, 1.54) is 24.0 Å². The van der Waals surface area contributed by atoms with Crippen molar-refractivity contribution < 1.29 is 67.0 Å². The topological polar surface area (TPSA) is 190 Å². The lowest BCUT2D eigenvalue weighted by atomic mass is 9.46. The Morgan fingerprint density at radius 1 is 0.857 bits per heavy atom. The monoisotopic (exact) mass is 871 g/mol. The number of Topliss-reactive ketones (excluding diaryl/α,β-unsaturated/α-hetero) is 1. The fourth-order valence-electron chi connectivity index (χ4n) is 10.5. The highest BCUT2D eigenvalue weighted by Crippen LogP contribution is 2.63. The van der Waals surface area contributed by atoms with E-state index in [1.807, 2.05) is 0 Å². The molecule has 4 unspecified atom stereocenters. The molecule has 5 aliphatic rings. The Kier molecular flexibility index (Phi) is 11.4. The van der Waals surface area contributed by atoms with E-state index in [2.05, 4.69) is 0 Å². The van der Waals surface area contributed by atoms with Crippen LogP contribution < -0.4 is 0 Å². The summed E-state index contributed by atoms with van der Waals surface area (Å²) in [6, 6.07) is 15.8. The molecule has 7 rings (SSSR count). The van der Waals surface area contributed by atoms with Gasteiger partial charge in [-0.3, -0.25) is 19.3 Å². The van der Waals surface area contributed by atoms with Crippen molar-refractivity contribution in [1.82, 2.24) is 4.90 Å². The van der Waals surface area contributed by atoms with E-state index < -0.39 is 118 Å². The van der Waals surface area contributed by atoms with E-state index in [4.69, 9.17) is 33.2 Å². The number of fused-ring (bicyclic) bond motifs is 5. The van der Waals surface area contributed by atoms with Gasteiger partial charge in [0.15, 0.2) is 23.6 Å². The van der Waals surface area contributed by atoms with E-state index in [-0.39, 0.29) is 17.7 Å². The fourth-order valence-corrected chi connectivity index (χ4v) is 10.5. The van der Waals surface area contributed by atoms with Gasteiger partial charge in [0.05, 0.1) is 23.5 Å². The maximum Gasteiger partial charge on any atom is 0.413 e. The third-order valence-corrected chi connectivity index (χ3v) is 13.4. The van der Waals surface area contributed by atoms with Crippen molar-refractivity contribution in [3.05, 3.63) is 95.1 Å². The number of nitrogens with zero attached hydrogens (tertiary/aromatic N) is 1. The van der Waals surface area contributed by atoms with Gasteiger partial charge in [0.2, 0.25) is 0 Å². The molecule has 1 saturated carbocycles. The molecule has 2 bridgehead atoms. The summed E-state index contributed by atoms with van der Waals surface area (Å²) in [5, 5.41) is 13.8. The second-order valence-electron chi connectivity index (χ2n) is 19.4. The molecule has 2 saturated heterocycles. The molecule has 2 heterocycles. The van der Waals surface area contributed by atoms with Gasteiger partial charge in [-0.15, -0.1) is 0 Å². The van der Waals surface area contributed by atoms with Gasteiger partial charge >= 0.3 is 30.0 Å². The molecule has 63 heavy (non-hydrogen) atoms. The second-order valence-corrected chi connectivity index (χ2v) is 19.4. The number of ether oxygens (including phenoxy) is 7. The molecule has 15 nitrogen and oxygen atoms in total. The first-order chi connectivity index (χ1) is 29.3. The Morgan fingerprint density at radius 3 is 2.03 bits per heavy atom. The van der Waals surface area contributed by atoms with Gasteiger partial charge in [-0.1, -0.05) is 74.5 Å². The van der Waals surface area contributed by atoms with Gasteiger partial charge in [-0.25, -0.2) is 14.4 Å². The molecule has 1 amide bonds. The first kappa shape index (κ1) is 45.6. The summed E-state index contributed by atoms with van der Waals surface area (Å²) in [5.74, 6) is -5.31. The highest BCUT2D eigenvalue weighted by Gasteiger charge is 2.75. The molecule has 0 radical (unpaired) electrons. The Bertz CT molecular complexity index is 2260. The van der Waals surface area contributed by atoms with Gasteiger partial charge in [0, 0.05) is 25.7 Å². The molecule has 2 aromatic rings. The number of esters is 4. The largest absolute Gasteiger partial charge is 0.456 e. The summed E-state index contributed by atoms with van der Waals surface area (Å²) in [6.07, 6.45) is -5.06. The zero-order valence-corrected chi connectivity index (χ0v) is 37.6. The Labute approximate surface area is 367 Å². The minimum Gasteiger partial charge on any atom is -0.456 e. The van der Waals surface area contributed by atoms with E-state index in [0.717, 1.165) is 6.92 Å². The van der Waals surface area contributed by atoms with Gasteiger partial charge in [0.25, 0.3) is 0 Å². The summed E-state index contributed by atoms with van der Waals surface area (Å²) < 4.78 is 43.1. The average Bonchev–Trinajstić information content (AvgIpc) is 3.48. The Morgan fingerprint density at radius 2 is 1.48 bits per heavy atom. The van der Waals surface area contributed by atoms with Gasteiger partial charge in [0.1, 0.15) is 41.3 Å².